The van der Waals surface area contributed by atoms with Gasteiger partial charge < -0.3 is 20.1 Å². The molecule has 10 heteroatoms. The number of carbonyl (C=O) groups is 1. The van der Waals surface area contributed by atoms with Crippen LogP contribution in [0.5, 0.6) is 0 Å². The van der Waals surface area contributed by atoms with Crippen molar-refractivity contribution in [1.82, 2.24) is 19.8 Å². The van der Waals surface area contributed by atoms with Gasteiger partial charge in [-0.15, -0.1) is 0 Å². The van der Waals surface area contributed by atoms with Crippen LogP contribution in [0.2, 0.25) is 0 Å². The number of nitro groups is 1. The third-order valence-corrected chi connectivity index (χ3v) is 6.85. The van der Waals surface area contributed by atoms with E-state index in [4.69, 9.17) is 12.2 Å². The first-order chi connectivity index (χ1) is 18.4. The highest BCUT2D eigenvalue weighted by atomic mass is 32.1. The van der Waals surface area contributed by atoms with Gasteiger partial charge >= 0.3 is 0 Å². The molecule has 2 atom stereocenters. The first kappa shape index (κ1) is 25.1. The lowest BCUT2D eigenvalue weighted by atomic mass is 10.0. The topological polar surface area (TPSA) is 105 Å². The number of rotatable bonds is 8. The molecule has 1 amide bonds. The summed E-state index contributed by atoms with van der Waals surface area (Å²) >= 11 is 5.74. The summed E-state index contributed by atoms with van der Waals surface area (Å²) in [6, 6.07) is 23.2. The lowest BCUT2D eigenvalue weighted by Gasteiger charge is -2.28. The van der Waals surface area contributed by atoms with Gasteiger partial charge in [0.25, 0.3) is 5.69 Å². The molecule has 9 nitrogen and oxygen atoms in total. The zero-order valence-electron chi connectivity index (χ0n) is 20.7. The fraction of sp³-hybridized carbons (Fsp3) is 0.179. The van der Waals surface area contributed by atoms with Crippen molar-refractivity contribution in [3.63, 3.8) is 0 Å². The first-order valence-corrected chi connectivity index (χ1v) is 12.6. The van der Waals surface area contributed by atoms with Gasteiger partial charge in [-0.05, 0) is 73.2 Å². The van der Waals surface area contributed by atoms with E-state index in [1.807, 2.05) is 77.2 Å². The van der Waals surface area contributed by atoms with E-state index >= 15 is 0 Å². The molecule has 2 aromatic heterocycles. The molecule has 2 aromatic carbocycles. The number of anilines is 1. The second-order valence-corrected chi connectivity index (χ2v) is 9.45. The summed E-state index contributed by atoms with van der Waals surface area (Å²) in [4.78, 5) is 30.1. The molecule has 3 heterocycles. The van der Waals surface area contributed by atoms with E-state index < -0.39 is 4.92 Å². The molecule has 0 bridgehead atoms. The summed E-state index contributed by atoms with van der Waals surface area (Å²) in [7, 11) is 0. The molecule has 38 heavy (non-hydrogen) atoms. The van der Waals surface area contributed by atoms with Crippen LogP contribution in [0.25, 0.3) is 5.69 Å². The molecule has 2 N–H and O–H groups in total. The van der Waals surface area contributed by atoms with Crippen LogP contribution in [0.4, 0.5) is 11.4 Å². The fourth-order valence-electron chi connectivity index (χ4n) is 4.74. The molecule has 0 aliphatic carbocycles. The van der Waals surface area contributed by atoms with E-state index in [0.29, 0.717) is 11.7 Å². The normalized spacial score (nSPS) is 16.8. The minimum Gasteiger partial charge on any atom is -0.352 e. The quantitative estimate of drug-likeness (QED) is 0.187. The number of nitro benzene ring substituents is 1. The number of aryl methyl sites for hydroxylation is 1. The highest BCUT2D eigenvalue weighted by Gasteiger charge is 2.41. The van der Waals surface area contributed by atoms with Crippen LogP contribution in [0.3, 0.4) is 0 Å². The number of aromatic nitrogens is 2. The monoisotopic (exact) mass is 526 g/mol. The molecule has 1 fully saturated rings. The summed E-state index contributed by atoms with van der Waals surface area (Å²) in [6.45, 7) is 2.37. The molecule has 192 valence electrons. The number of carbonyl (C=O) groups excluding carboxylic acids is 1. The third kappa shape index (κ3) is 5.25. The molecule has 0 spiro atoms. The van der Waals surface area contributed by atoms with Gasteiger partial charge in [-0.3, -0.25) is 19.9 Å². The van der Waals surface area contributed by atoms with Crippen LogP contribution < -0.4 is 10.6 Å². The molecular weight excluding hydrogens is 500 g/mol. The highest BCUT2D eigenvalue weighted by molar-refractivity contribution is 7.80. The second kappa shape index (κ2) is 10.8. The van der Waals surface area contributed by atoms with E-state index in [1.165, 1.54) is 12.1 Å². The van der Waals surface area contributed by atoms with E-state index in [-0.39, 0.29) is 30.1 Å². The SMILES string of the molecule is Cc1cccc(NC(=O)CCN2C(=S)NC(c3ccccn3)C2c2cccn2-c2ccc([N+](=O)[O-])cc2)c1. The summed E-state index contributed by atoms with van der Waals surface area (Å²) in [6.07, 6.45) is 3.89. The van der Waals surface area contributed by atoms with Gasteiger partial charge in [-0.25, -0.2) is 0 Å². The molecule has 2 unspecified atom stereocenters. The predicted octanol–water partition coefficient (Wildman–Crippen LogP) is 5.09. The van der Waals surface area contributed by atoms with Gasteiger partial charge in [0.2, 0.25) is 5.91 Å². The molecule has 5 rings (SSSR count). The van der Waals surface area contributed by atoms with Crippen molar-refractivity contribution in [2.24, 2.45) is 0 Å². The van der Waals surface area contributed by atoms with Gasteiger partial charge in [-0.2, -0.15) is 0 Å². The molecule has 1 aliphatic heterocycles. The van der Waals surface area contributed by atoms with Crippen LogP contribution in [-0.2, 0) is 4.79 Å². The largest absolute Gasteiger partial charge is 0.352 e. The zero-order valence-corrected chi connectivity index (χ0v) is 21.5. The van der Waals surface area contributed by atoms with Gasteiger partial charge in [0.15, 0.2) is 5.11 Å². The predicted molar refractivity (Wildman–Crippen MR) is 149 cm³/mol. The van der Waals surface area contributed by atoms with Crippen LogP contribution in [0.15, 0.2) is 91.3 Å². The number of nitrogens with one attached hydrogen (secondary N) is 2. The zero-order chi connectivity index (χ0) is 26.6. The Hall–Kier alpha value is -4.57. The van der Waals surface area contributed by atoms with E-state index in [2.05, 4.69) is 15.6 Å². The number of pyridine rings is 1. The minimum atomic E-state index is -0.416. The number of hydrogen-bond acceptors (Lipinski definition) is 5. The smallest absolute Gasteiger partial charge is 0.269 e. The maximum atomic E-state index is 12.8. The summed E-state index contributed by atoms with van der Waals surface area (Å²) in [5.41, 5.74) is 4.37. The average molecular weight is 527 g/mol. The van der Waals surface area contributed by atoms with E-state index in [0.717, 1.165) is 28.3 Å². The van der Waals surface area contributed by atoms with Gasteiger partial charge in [-0.1, -0.05) is 18.2 Å². The number of amides is 1. The molecule has 0 radical (unpaired) electrons. The Kier molecular flexibility index (Phi) is 7.14. The Morgan fingerprint density at radius 1 is 1.11 bits per heavy atom. The van der Waals surface area contributed by atoms with Gasteiger partial charge in [0.05, 0.1) is 22.7 Å². The van der Waals surface area contributed by atoms with Crippen LogP contribution in [-0.4, -0.2) is 36.9 Å². The molecule has 1 saturated heterocycles. The fourth-order valence-corrected chi connectivity index (χ4v) is 5.07. The molecule has 0 saturated carbocycles. The highest BCUT2D eigenvalue weighted by Crippen LogP contribution is 2.39. The molecule has 1 aliphatic rings. The van der Waals surface area contributed by atoms with Crippen molar-refractivity contribution in [2.45, 2.75) is 25.4 Å². The maximum Gasteiger partial charge on any atom is 0.269 e. The van der Waals surface area contributed by atoms with Crippen molar-refractivity contribution >= 4 is 34.6 Å². The van der Waals surface area contributed by atoms with Crippen LogP contribution in [0.1, 0.15) is 35.5 Å². The number of non-ortho nitro benzene ring substituents is 1. The molecule has 4 aromatic rings. The lowest BCUT2D eigenvalue weighted by Crippen LogP contribution is -2.33. The maximum absolute atomic E-state index is 12.8. The summed E-state index contributed by atoms with van der Waals surface area (Å²) < 4.78 is 1.99. The van der Waals surface area contributed by atoms with E-state index in [9.17, 15) is 14.9 Å². The van der Waals surface area contributed by atoms with Crippen molar-refractivity contribution in [1.29, 1.82) is 0 Å². The number of hydrogen-bond donors (Lipinski definition) is 2. The number of nitrogens with zero attached hydrogens (tertiary/aromatic N) is 4. The molecular formula is C28H26N6O3S. The number of benzene rings is 2. The lowest BCUT2D eigenvalue weighted by molar-refractivity contribution is -0.384. The summed E-state index contributed by atoms with van der Waals surface area (Å²) in [5.74, 6) is -0.107. The standard InChI is InChI=1S/C28H26N6O3S/c1-19-6-4-7-20(18-19)30-25(35)14-17-33-27(26(31-28(33)38)23-8-2-3-15-29-23)24-9-5-16-32(24)21-10-12-22(13-11-21)34(36)37/h2-13,15-16,18,26-27H,14,17H2,1H3,(H,30,35)(H,31,38). The minimum absolute atomic E-state index is 0.0266. The van der Waals surface area contributed by atoms with Crippen molar-refractivity contribution in [3.05, 3.63) is 118 Å². The van der Waals surface area contributed by atoms with Crippen LogP contribution >= 0.6 is 12.2 Å². The van der Waals surface area contributed by atoms with Crippen LogP contribution in [0, 0.1) is 17.0 Å². The second-order valence-electron chi connectivity index (χ2n) is 9.06. The number of thiocarbonyl (C=S) groups is 1. The Bertz CT molecular complexity index is 1470. The summed E-state index contributed by atoms with van der Waals surface area (Å²) in [5, 5.41) is 18.0. The van der Waals surface area contributed by atoms with Crippen molar-refractivity contribution < 1.29 is 9.72 Å². The average Bonchev–Trinajstić information content (AvgIpc) is 3.52. The van der Waals surface area contributed by atoms with Crippen molar-refractivity contribution in [2.75, 3.05) is 11.9 Å². The Labute approximate surface area is 225 Å². The van der Waals surface area contributed by atoms with Gasteiger partial charge in [0, 0.05) is 54.6 Å². The Balaban J connectivity index is 1.44. The first-order valence-electron chi connectivity index (χ1n) is 12.2. The Morgan fingerprint density at radius 2 is 1.92 bits per heavy atom. The van der Waals surface area contributed by atoms with Crippen molar-refractivity contribution in [3.8, 4) is 5.69 Å². The van der Waals surface area contributed by atoms with Gasteiger partial charge in [0.1, 0.15) is 0 Å². The Morgan fingerprint density at radius 3 is 2.63 bits per heavy atom. The third-order valence-electron chi connectivity index (χ3n) is 6.50. The van der Waals surface area contributed by atoms with E-state index in [1.54, 1.807) is 18.3 Å².